The molecule has 0 bridgehead atoms. The van der Waals surface area contributed by atoms with Crippen LogP contribution in [0.4, 0.5) is 0 Å². The van der Waals surface area contributed by atoms with Crippen LogP contribution in [0.25, 0.3) is 0 Å². The van der Waals surface area contributed by atoms with Gasteiger partial charge >= 0.3 is 0 Å². The fourth-order valence-corrected chi connectivity index (χ4v) is 2.81. The molecule has 0 saturated heterocycles. The molecule has 0 radical (unpaired) electrons. The number of ether oxygens (including phenoxy) is 1. The molecule has 0 aromatic rings. The fourth-order valence-electron chi connectivity index (χ4n) is 2.81. The molecule has 1 aliphatic heterocycles. The summed E-state index contributed by atoms with van der Waals surface area (Å²) in [5.41, 5.74) is 1.01. The summed E-state index contributed by atoms with van der Waals surface area (Å²) in [5, 5.41) is 0. The molecule has 16 heavy (non-hydrogen) atoms. The Kier molecular flexibility index (Phi) is 3.36. The van der Waals surface area contributed by atoms with Gasteiger partial charge in [-0.15, -0.1) is 0 Å². The monoisotopic (exact) mass is 222 g/mol. The van der Waals surface area contributed by atoms with Gasteiger partial charge in [0.15, 0.2) is 5.78 Å². The quantitative estimate of drug-likeness (QED) is 0.715. The number of ketones is 1. The summed E-state index contributed by atoms with van der Waals surface area (Å²) in [6.45, 7) is 6.62. The molecule has 2 heteroatoms. The number of Topliss-reactive ketones (excluding diaryl/α,β-unsaturated/α-hetero) is 1. The Labute approximate surface area is 98.1 Å². The van der Waals surface area contributed by atoms with Crippen LogP contribution < -0.4 is 0 Å². The number of hydrogen-bond acceptors (Lipinski definition) is 2. The molecule has 0 amide bonds. The van der Waals surface area contributed by atoms with Crippen LogP contribution in [0.5, 0.6) is 0 Å². The van der Waals surface area contributed by atoms with Crippen LogP contribution in [-0.4, -0.2) is 11.9 Å². The summed E-state index contributed by atoms with van der Waals surface area (Å²) in [7, 11) is 0. The van der Waals surface area contributed by atoms with E-state index in [4.69, 9.17) is 4.74 Å². The van der Waals surface area contributed by atoms with Gasteiger partial charge < -0.3 is 4.74 Å². The highest BCUT2D eigenvalue weighted by Crippen LogP contribution is 2.38. The highest BCUT2D eigenvalue weighted by Gasteiger charge is 2.35. The van der Waals surface area contributed by atoms with E-state index >= 15 is 0 Å². The molecule has 0 fully saturated rings. The van der Waals surface area contributed by atoms with Crippen LogP contribution in [0.15, 0.2) is 11.3 Å². The normalized spacial score (nSPS) is 32.1. The molecule has 3 atom stereocenters. The Morgan fingerprint density at radius 2 is 2.19 bits per heavy atom. The maximum atomic E-state index is 11.8. The third-order valence-corrected chi connectivity index (χ3v) is 4.06. The van der Waals surface area contributed by atoms with E-state index < -0.39 is 0 Å². The molecule has 90 valence electrons. The zero-order valence-corrected chi connectivity index (χ0v) is 10.6. The molecular formula is C14H22O2. The van der Waals surface area contributed by atoms with Crippen LogP contribution in [0.3, 0.4) is 0 Å². The number of carbonyl (C=O) groups excluding carboxylic acids is 1. The summed E-state index contributed by atoms with van der Waals surface area (Å²) >= 11 is 0. The molecule has 1 heterocycles. The predicted molar refractivity (Wildman–Crippen MR) is 64.0 cm³/mol. The topological polar surface area (TPSA) is 26.3 Å². The van der Waals surface area contributed by atoms with Crippen molar-refractivity contribution in [1.82, 2.24) is 0 Å². The van der Waals surface area contributed by atoms with E-state index in [1.807, 2.05) is 0 Å². The molecule has 0 spiro atoms. The summed E-state index contributed by atoms with van der Waals surface area (Å²) in [6, 6.07) is 0. The van der Waals surface area contributed by atoms with Crippen LogP contribution >= 0.6 is 0 Å². The van der Waals surface area contributed by atoms with E-state index in [0.29, 0.717) is 23.7 Å². The Bertz CT molecular complexity index is 317. The fraction of sp³-hybridized carbons (Fsp3) is 0.786. The van der Waals surface area contributed by atoms with Crippen molar-refractivity contribution in [1.29, 1.82) is 0 Å². The largest absolute Gasteiger partial charge is 0.494 e. The van der Waals surface area contributed by atoms with Crippen molar-refractivity contribution in [3.8, 4) is 0 Å². The van der Waals surface area contributed by atoms with Gasteiger partial charge in [-0.05, 0) is 24.7 Å². The van der Waals surface area contributed by atoms with E-state index in [1.54, 1.807) is 0 Å². The Morgan fingerprint density at radius 1 is 1.44 bits per heavy atom. The van der Waals surface area contributed by atoms with Crippen LogP contribution in [0.1, 0.15) is 52.9 Å². The SMILES string of the molecule is CCC(C)C1C[C@H](C)C2=C(CCCC2=O)O1. The van der Waals surface area contributed by atoms with E-state index in [1.165, 1.54) is 0 Å². The summed E-state index contributed by atoms with van der Waals surface area (Å²) < 4.78 is 6.04. The molecule has 2 rings (SSSR count). The lowest BCUT2D eigenvalue weighted by molar-refractivity contribution is -0.118. The summed E-state index contributed by atoms with van der Waals surface area (Å²) in [6.07, 6.45) is 5.15. The maximum absolute atomic E-state index is 11.8. The first-order valence-corrected chi connectivity index (χ1v) is 6.56. The van der Waals surface area contributed by atoms with Crippen molar-refractivity contribution in [3.63, 3.8) is 0 Å². The van der Waals surface area contributed by atoms with Crippen LogP contribution in [0, 0.1) is 11.8 Å². The molecule has 0 N–H and O–H groups in total. The number of rotatable bonds is 2. The zero-order valence-electron chi connectivity index (χ0n) is 10.6. The third-order valence-electron chi connectivity index (χ3n) is 4.06. The molecular weight excluding hydrogens is 200 g/mol. The van der Waals surface area contributed by atoms with Gasteiger partial charge in [0, 0.05) is 18.4 Å². The van der Waals surface area contributed by atoms with Crippen LogP contribution in [0.2, 0.25) is 0 Å². The van der Waals surface area contributed by atoms with Gasteiger partial charge in [-0.1, -0.05) is 27.2 Å². The molecule has 2 unspecified atom stereocenters. The van der Waals surface area contributed by atoms with Crippen molar-refractivity contribution in [3.05, 3.63) is 11.3 Å². The summed E-state index contributed by atoms with van der Waals surface area (Å²) in [4.78, 5) is 11.8. The first-order valence-electron chi connectivity index (χ1n) is 6.56. The van der Waals surface area contributed by atoms with E-state index in [0.717, 1.165) is 43.4 Å². The lowest BCUT2D eigenvalue weighted by Crippen LogP contribution is -2.33. The van der Waals surface area contributed by atoms with E-state index in [-0.39, 0.29) is 0 Å². The standard InChI is InChI=1S/C14H22O2/c1-4-9(2)13-8-10(3)14-11(15)6-5-7-12(14)16-13/h9-10,13H,4-8H2,1-3H3/t9?,10-,13?/m0/s1. The van der Waals surface area contributed by atoms with Gasteiger partial charge in [-0.2, -0.15) is 0 Å². The number of carbonyl (C=O) groups is 1. The van der Waals surface area contributed by atoms with Gasteiger partial charge in [-0.3, -0.25) is 4.79 Å². The Morgan fingerprint density at radius 3 is 2.88 bits per heavy atom. The highest BCUT2D eigenvalue weighted by molar-refractivity contribution is 5.97. The smallest absolute Gasteiger partial charge is 0.162 e. The zero-order chi connectivity index (χ0) is 11.7. The maximum Gasteiger partial charge on any atom is 0.162 e. The van der Waals surface area contributed by atoms with Crippen molar-refractivity contribution >= 4 is 5.78 Å². The molecule has 2 nitrogen and oxygen atoms in total. The minimum atomic E-state index is 0.324. The summed E-state index contributed by atoms with van der Waals surface area (Å²) in [5.74, 6) is 2.33. The van der Waals surface area contributed by atoms with E-state index in [2.05, 4.69) is 20.8 Å². The minimum absolute atomic E-state index is 0.324. The van der Waals surface area contributed by atoms with Gasteiger partial charge in [0.05, 0.1) is 0 Å². The average molecular weight is 222 g/mol. The lowest BCUT2D eigenvalue weighted by atomic mass is 9.80. The molecule has 0 saturated carbocycles. The second-order valence-corrected chi connectivity index (χ2v) is 5.29. The first-order chi connectivity index (χ1) is 7.63. The first kappa shape index (κ1) is 11.7. The average Bonchev–Trinajstić information content (AvgIpc) is 2.27. The minimum Gasteiger partial charge on any atom is -0.494 e. The van der Waals surface area contributed by atoms with Crippen molar-refractivity contribution in [2.45, 2.75) is 59.0 Å². The second kappa shape index (κ2) is 4.60. The number of hydrogen-bond donors (Lipinski definition) is 0. The van der Waals surface area contributed by atoms with Crippen LogP contribution in [-0.2, 0) is 9.53 Å². The molecule has 0 aromatic heterocycles. The highest BCUT2D eigenvalue weighted by atomic mass is 16.5. The molecule has 1 aliphatic carbocycles. The van der Waals surface area contributed by atoms with Gasteiger partial charge in [0.2, 0.25) is 0 Å². The Hall–Kier alpha value is -0.790. The molecule has 0 aromatic carbocycles. The number of allylic oxidation sites excluding steroid dienone is 2. The predicted octanol–water partition coefficient (Wildman–Crippen LogP) is 3.46. The lowest BCUT2D eigenvalue weighted by Gasteiger charge is -2.36. The second-order valence-electron chi connectivity index (χ2n) is 5.29. The van der Waals surface area contributed by atoms with Gasteiger partial charge in [-0.25, -0.2) is 0 Å². The van der Waals surface area contributed by atoms with Crippen molar-refractivity contribution in [2.24, 2.45) is 11.8 Å². The Balaban J connectivity index is 2.20. The van der Waals surface area contributed by atoms with E-state index in [9.17, 15) is 4.79 Å². The third kappa shape index (κ3) is 2.02. The van der Waals surface area contributed by atoms with Crippen molar-refractivity contribution in [2.75, 3.05) is 0 Å². The molecule has 2 aliphatic rings. The van der Waals surface area contributed by atoms with Crippen molar-refractivity contribution < 1.29 is 9.53 Å². The van der Waals surface area contributed by atoms with Gasteiger partial charge in [0.1, 0.15) is 11.9 Å². The van der Waals surface area contributed by atoms with Gasteiger partial charge in [0.25, 0.3) is 0 Å².